The molecule has 1 saturated heterocycles. The average Bonchev–Trinajstić information content (AvgIpc) is 2.44. The Morgan fingerprint density at radius 1 is 1.24 bits per heavy atom. The minimum atomic E-state index is -4.24. The maximum Gasteiger partial charge on any atom is 0.411 e. The fraction of sp³-hybridized carbons (Fsp3) is 1.00. The first kappa shape index (κ1) is 18.7. The zero-order valence-corrected chi connectivity index (χ0v) is 13.4. The first-order chi connectivity index (χ1) is 9.87. The molecule has 1 atom stereocenters. The van der Waals surface area contributed by atoms with Crippen LogP contribution in [0.15, 0.2) is 0 Å². The van der Waals surface area contributed by atoms with Gasteiger partial charge in [-0.15, -0.1) is 0 Å². The van der Waals surface area contributed by atoms with Gasteiger partial charge in [-0.3, -0.25) is 4.90 Å². The van der Waals surface area contributed by atoms with Gasteiger partial charge in [0.1, 0.15) is 6.61 Å². The zero-order valence-electron chi connectivity index (χ0n) is 13.4. The Kier molecular flexibility index (Phi) is 7.44. The van der Waals surface area contributed by atoms with Crippen molar-refractivity contribution in [2.75, 3.05) is 32.8 Å². The van der Waals surface area contributed by atoms with Crippen molar-refractivity contribution in [1.29, 1.82) is 0 Å². The summed E-state index contributed by atoms with van der Waals surface area (Å²) < 4.78 is 41.1. The summed E-state index contributed by atoms with van der Waals surface area (Å²) in [7, 11) is 0. The molecule has 1 N–H and O–H groups in total. The molecule has 1 aliphatic rings. The van der Waals surface area contributed by atoms with Gasteiger partial charge >= 0.3 is 6.18 Å². The van der Waals surface area contributed by atoms with E-state index < -0.39 is 12.8 Å². The Labute approximate surface area is 126 Å². The third-order valence-corrected chi connectivity index (χ3v) is 4.56. The van der Waals surface area contributed by atoms with Crippen LogP contribution in [-0.4, -0.2) is 55.5 Å². The van der Waals surface area contributed by atoms with Crippen LogP contribution in [-0.2, 0) is 4.74 Å². The molecule has 1 fully saturated rings. The van der Waals surface area contributed by atoms with E-state index >= 15 is 0 Å². The summed E-state index contributed by atoms with van der Waals surface area (Å²) in [5.41, 5.74) is 0.0475. The van der Waals surface area contributed by atoms with E-state index in [-0.39, 0.29) is 12.1 Å². The molecule has 1 unspecified atom stereocenters. The van der Waals surface area contributed by atoms with Gasteiger partial charge in [-0.2, -0.15) is 13.2 Å². The number of nitrogens with zero attached hydrogens (tertiary/aromatic N) is 1. The summed E-state index contributed by atoms with van der Waals surface area (Å²) in [6, 6.07) is 0.434. The van der Waals surface area contributed by atoms with Gasteiger partial charge in [-0.25, -0.2) is 0 Å². The number of piperazine rings is 1. The molecule has 0 spiro atoms. The van der Waals surface area contributed by atoms with Crippen LogP contribution in [0.4, 0.5) is 13.2 Å². The zero-order chi connectivity index (χ0) is 15.9. The number of nitrogens with one attached hydrogen (secondary N) is 1. The summed E-state index contributed by atoms with van der Waals surface area (Å²) in [5.74, 6) is 0. The van der Waals surface area contributed by atoms with E-state index in [4.69, 9.17) is 4.74 Å². The number of alkyl halides is 3. The molecule has 0 saturated carbocycles. The van der Waals surface area contributed by atoms with Crippen LogP contribution in [0.3, 0.4) is 0 Å². The molecule has 1 aliphatic heterocycles. The van der Waals surface area contributed by atoms with Crippen molar-refractivity contribution in [3.05, 3.63) is 0 Å². The van der Waals surface area contributed by atoms with Crippen molar-refractivity contribution < 1.29 is 17.9 Å². The topological polar surface area (TPSA) is 24.5 Å². The van der Waals surface area contributed by atoms with Crippen LogP contribution in [0.5, 0.6) is 0 Å². The molecule has 0 amide bonds. The molecule has 1 heterocycles. The maximum atomic E-state index is 12.1. The SMILES string of the molecule is CCCC1CN(CCOCC(F)(F)F)C(CC)(CC)CN1. The lowest BCUT2D eigenvalue weighted by molar-refractivity contribution is -0.175. The lowest BCUT2D eigenvalue weighted by Gasteiger charge is -2.49. The molecule has 0 aliphatic carbocycles. The quantitative estimate of drug-likeness (QED) is 0.697. The third kappa shape index (κ3) is 5.75. The highest BCUT2D eigenvalue weighted by atomic mass is 19.4. The molecule has 0 aromatic heterocycles. The van der Waals surface area contributed by atoms with Gasteiger partial charge < -0.3 is 10.1 Å². The van der Waals surface area contributed by atoms with Gasteiger partial charge in [0.05, 0.1) is 6.61 Å². The fourth-order valence-corrected chi connectivity index (χ4v) is 3.15. The van der Waals surface area contributed by atoms with E-state index in [0.29, 0.717) is 12.6 Å². The molecule has 21 heavy (non-hydrogen) atoms. The van der Waals surface area contributed by atoms with E-state index in [0.717, 1.165) is 38.8 Å². The number of hydrogen-bond donors (Lipinski definition) is 1. The standard InChI is InChI=1S/C15H29F3N2O/c1-4-7-13-10-20(8-9-21-12-15(16,17)18)14(5-2,6-3)11-19-13/h13,19H,4-12H2,1-3H3. The lowest BCUT2D eigenvalue weighted by atomic mass is 9.86. The van der Waals surface area contributed by atoms with Crippen LogP contribution in [0.25, 0.3) is 0 Å². The summed E-state index contributed by atoms with van der Waals surface area (Å²) in [5, 5.41) is 3.59. The molecule has 0 aromatic rings. The highest BCUT2D eigenvalue weighted by Gasteiger charge is 2.38. The minimum Gasteiger partial charge on any atom is -0.371 e. The predicted molar refractivity (Wildman–Crippen MR) is 78.5 cm³/mol. The predicted octanol–water partition coefficient (Wildman–Crippen LogP) is 3.20. The van der Waals surface area contributed by atoms with E-state index in [1.54, 1.807) is 0 Å². The monoisotopic (exact) mass is 310 g/mol. The molecule has 0 radical (unpaired) electrons. The summed E-state index contributed by atoms with van der Waals surface area (Å²) >= 11 is 0. The highest BCUT2D eigenvalue weighted by molar-refractivity contribution is 4.97. The van der Waals surface area contributed by atoms with Crippen molar-refractivity contribution in [2.45, 2.75) is 64.2 Å². The number of halogens is 3. The van der Waals surface area contributed by atoms with Crippen LogP contribution in [0, 0.1) is 0 Å². The Hall–Kier alpha value is -0.330. The second-order valence-electron chi connectivity index (χ2n) is 5.91. The van der Waals surface area contributed by atoms with E-state index in [1.807, 2.05) is 0 Å². The molecule has 6 heteroatoms. The first-order valence-corrected chi connectivity index (χ1v) is 7.99. The van der Waals surface area contributed by atoms with Gasteiger partial charge in [0.25, 0.3) is 0 Å². The maximum absolute atomic E-state index is 12.1. The molecule has 1 rings (SSSR count). The molecule has 126 valence electrons. The van der Waals surface area contributed by atoms with Gasteiger partial charge in [-0.1, -0.05) is 27.2 Å². The second kappa shape index (κ2) is 8.34. The number of ether oxygens (including phenoxy) is 1. The Balaban J connectivity index is 2.54. The van der Waals surface area contributed by atoms with Crippen LogP contribution < -0.4 is 5.32 Å². The van der Waals surface area contributed by atoms with Crippen molar-refractivity contribution in [2.24, 2.45) is 0 Å². The van der Waals surface area contributed by atoms with Crippen molar-refractivity contribution >= 4 is 0 Å². The Morgan fingerprint density at radius 3 is 2.43 bits per heavy atom. The molecule has 0 aromatic carbocycles. The second-order valence-corrected chi connectivity index (χ2v) is 5.91. The van der Waals surface area contributed by atoms with Gasteiger partial charge in [0.15, 0.2) is 0 Å². The lowest BCUT2D eigenvalue weighted by Crippen LogP contribution is -2.64. The Bertz CT molecular complexity index is 293. The molecule has 3 nitrogen and oxygen atoms in total. The first-order valence-electron chi connectivity index (χ1n) is 7.99. The Morgan fingerprint density at radius 2 is 1.90 bits per heavy atom. The third-order valence-electron chi connectivity index (χ3n) is 4.56. The summed E-state index contributed by atoms with van der Waals surface area (Å²) in [6.45, 7) is 7.81. The van der Waals surface area contributed by atoms with E-state index in [1.165, 1.54) is 0 Å². The van der Waals surface area contributed by atoms with Crippen molar-refractivity contribution in [1.82, 2.24) is 10.2 Å². The number of rotatable bonds is 8. The largest absolute Gasteiger partial charge is 0.411 e. The van der Waals surface area contributed by atoms with Crippen LogP contribution in [0.1, 0.15) is 46.5 Å². The van der Waals surface area contributed by atoms with Crippen molar-refractivity contribution in [3.8, 4) is 0 Å². The normalized spacial score (nSPS) is 23.4. The van der Waals surface area contributed by atoms with E-state index in [9.17, 15) is 13.2 Å². The smallest absolute Gasteiger partial charge is 0.371 e. The van der Waals surface area contributed by atoms with Gasteiger partial charge in [0, 0.05) is 31.2 Å². The van der Waals surface area contributed by atoms with E-state index in [2.05, 4.69) is 31.0 Å². The molecular weight excluding hydrogens is 281 g/mol. The van der Waals surface area contributed by atoms with Crippen LogP contribution in [0.2, 0.25) is 0 Å². The average molecular weight is 310 g/mol. The summed E-state index contributed by atoms with van der Waals surface area (Å²) in [6.07, 6.45) is -0.0330. The summed E-state index contributed by atoms with van der Waals surface area (Å²) in [4.78, 5) is 2.33. The van der Waals surface area contributed by atoms with Crippen LogP contribution >= 0.6 is 0 Å². The minimum absolute atomic E-state index is 0.0475. The molecule has 0 bridgehead atoms. The van der Waals surface area contributed by atoms with Crippen molar-refractivity contribution in [3.63, 3.8) is 0 Å². The molecular formula is C15H29F3N2O. The van der Waals surface area contributed by atoms with Gasteiger partial charge in [-0.05, 0) is 19.3 Å². The fourth-order valence-electron chi connectivity index (χ4n) is 3.15. The number of hydrogen-bond acceptors (Lipinski definition) is 3. The highest BCUT2D eigenvalue weighted by Crippen LogP contribution is 2.27. The van der Waals surface area contributed by atoms with Gasteiger partial charge in [0.2, 0.25) is 0 Å².